The van der Waals surface area contributed by atoms with Gasteiger partial charge in [-0.15, -0.1) is 0 Å². The van der Waals surface area contributed by atoms with Crippen molar-refractivity contribution < 1.29 is 9.59 Å². The van der Waals surface area contributed by atoms with Crippen LogP contribution < -0.4 is 16.0 Å². The predicted molar refractivity (Wildman–Crippen MR) is 85.9 cm³/mol. The molecule has 1 aliphatic heterocycles. The lowest BCUT2D eigenvalue weighted by atomic mass is 9.95. The maximum absolute atomic E-state index is 12.0. The number of carbonyl (C=O) groups is 2. The minimum Gasteiger partial charge on any atom is -0.352 e. The van der Waals surface area contributed by atoms with E-state index in [0.29, 0.717) is 24.1 Å². The molecule has 2 heterocycles. The molecule has 23 heavy (non-hydrogen) atoms. The number of amides is 2. The van der Waals surface area contributed by atoms with Gasteiger partial charge in [-0.2, -0.15) is 5.10 Å². The van der Waals surface area contributed by atoms with Gasteiger partial charge in [-0.25, -0.2) is 0 Å². The van der Waals surface area contributed by atoms with E-state index in [-0.39, 0.29) is 18.4 Å². The molecule has 0 atom stereocenters. The van der Waals surface area contributed by atoms with E-state index in [1.807, 2.05) is 0 Å². The third-order valence-corrected chi connectivity index (χ3v) is 4.59. The van der Waals surface area contributed by atoms with Gasteiger partial charge < -0.3 is 16.0 Å². The Morgan fingerprint density at radius 2 is 2.04 bits per heavy atom. The highest BCUT2D eigenvalue weighted by Crippen LogP contribution is 2.17. The molecular formula is C16H25N5O2. The zero-order valence-corrected chi connectivity index (χ0v) is 13.4. The monoisotopic (exact) mass is 319 g/mol. The van der Waals surface area contributed by atoms with Gasteiger partial charge in [-0.1, -0.05) is 19.3 Å². The number of hydrogen-bond donors (Lipinski definition) is 3. The highest BCUT2D eigenvalue weighted by molar-refractivity contribution is 5.93. The molecule has 0 spiro atoms. The number of rotatable bonds is 6. The highest BCUT2D eigenvalue weighted by atomic mass is 16.2. The van der Waals surface area contributed by atoms with Crippen LogP contribution in [-0.4, -0.2) is 47.3 Å². The van der Waals surface area contributed by atoms with E-state index in [2.05, 4.69) is 21.0 Å². The van der Waals surface area contributed by atoms with Crippen LogP contribution in [-0.2, 0) is 11.3 Å². The van der Waals surface area contributed by atoms with E-state index in [1.54, 1.807) is 6.20 Å². The lowest BCUT2D eigenvalue weighted by molar-refractivity contribution is -0.122. The van der Waals surface area contributed by atoms with Gasteiger partial charge in [-0.05, 0) is 12.8 Å². The Labute approximate surface area is 136 Å². The SMILES string of the molecule is O=C(Cn1cc(C(=O)NCC2CNC2)cn1)NC1CCCCC1. The number of nitrogens with zero attached hydrogens (tertiary/aromatic N) is 2. The Bertz CT molecular complexity index is 546. The van der Waals surface area contributed by atoms with Crippen LogP contribution in [0.2, 0.25) is 0 Å². The van der Waals surface area contributed by atoms with Crippen molar-refractivity contribution in [1.29, 1.82) is 0 Å². The molecule has 126 valence electrons. The van der Waals surface area contributed by atoms with Crippen LogP contribution in [0.5, 0.6) is 0 Å². The number of nitrogens with one attached hydrogen (secondary N) is 3. The van der Waals surface area contributed by atoms with Gasteiger partial charge in [0.2, 0.25) is 5.91 Å². The molecule has 7 nitrogen and oxygen atoms in total. The fraction of sp³-hybridized carbons (Fsp3) is 0.688. The molecule has 0 radical (unpaired) electrons. The summed E-state index contributed by atoms with van der Waals surface area (Å²) in [5, 5.41) is 13.2. The maximum atomic E-state index is 12.0. The summed E-state index contributed by atoms with van der Waals surface area (Å²) in [6.07, 6.45) is 8.92. The number of hydrogen-bond acceptors (Lipinski definition) is 4. The van der Waals surface area contributed by atoms with Crippen molar-refractivity contribution in [2.45, 2.75) is 44.7 Å². The van der Waals surface area contributed by atoms with E-state index in [1.165, 1.54) is 30.1 Å². The van der Waals surface area contributed by atoms with Gasteiger partial charge in [0.25, 0.3) is 5.91 Å². The van der Waals surface area contributed by atoms with E-state index in [9.17, 15) is 9.59 Å². The van der Waals surface area contributed by atoms with Gasteiger partial charge in [0.1, 0.15) is 6.54 Å². The van der Waals surface area contributed by atoms with Gasteiger partial charge in [0.05, 0.1) is 11.8 Å². The molecule has 1 aliphatic carbocycles. The molecule has 2 fully saturated rings. The minimum atomic E-state index is -0.129. The first-order valence-corrected chi connectivity index (χ1v) is 8.51. The molecule has 1 saturated carbocycles. The second-order valence-corrected chi connectivity index (χ2v) is 6.56. The smallest absolute Gasteiger partial charge is 0.254 e. The van der Waals surface area contributed by atoms with Crippen molar-refractivity contribution in [3.63, 3.8) is 0 Å². The average Bonchev–Trinajstić information content (AvgIpc) is 2.95. The molecule has 1 saturated heterocycles. The number of aromatic nitrogens is 2. The summed E-state index contributed by atoms with van der Waals surface area (Å²) < 4.78 is 1.53. The summed E-state index contributed by atoms with van der Waals surface area (Å²) in [6, 6.07) is 0.297. The zero-order valence-electron chi connectivity index (χ0n) is 13.4. The molecule has 1 aromatic rings. The Morgan fingerprint density at radius 3 is 2.74 bits per heavy atom. The second-order valence-electron chi connectivity index (χ2n) is 6.56. The first kappa shape index (κ1) is 16.0. The molecule has 2 amide bonds. The van der Waals surface area contributed by atoms with Crippen molar-refractivity contribution in [1.82, 2.24) is 25.7 Å². The standard InChI is InChI=1S/C16H25N5O2/c22-15(20-14-4-2-1-3-5-14)11-21-10-13(9-19-21)16(23)18-8-12-6-17-7-12/h9-10,12,14,17H,1-8,11H2,(H,18,23)(H,20,22). The summed E-state index contributed by atoms with van der Waals surface area (Å²) in [4.78, 5) is 24.1. The Morgan fingerprint density at radius 1 is 1.26 bits per heavy atom. The Kier molecular flexibility index (Phi) is 5.27. The summed E-state index contributed by atoms with van der Waals surface area (Å²) in [7, 11) is 0. The first-order chi connectivity index (χ1) is 11.2. The third-order valence-electron chi connectivity index (χ3n) is 4.59. The summed E-state index contributed by atoms with van der Waals surface area (Å²) in [5.41, 5.74) is 0.503. The molecule has 7 heteroatoms. The third kappa shape index (κ3) is 4.54. The molecule has 0 bridgehead atoms. The quantitative estimate of drug-likeness (QED) is 0.703. The molecular weight excluding hydrogens is 294 g/mol. The molecule has 0 unspecified atom stereocenters. The first-order valence-electron chi connectivity index (χ1n) is 8.51. The largest absolute Gasteiger partial charge is 0.352 e. The topological polar surface area (TPSA) is 88.1 Å². The van der Waals surface area contributed by atoms with Gasteiger partial charge in [0.15, 0.2) is 0 Å². The van der Waals surface area contributed by atoms with E-state index in [0.717, 1.165) is 25.9 Å². The normalized spacial score (nSPS) is 19.1. The van der Waals surface area contributed by atoms with E-state index < -0.39 is 0 Å². The van der Waals surface area contributed by atoms with Crippen LogP contribution in [0, 0.1) is 5.92 Å². The second kappa shape index (κ2) is 7.59. The van der Waals surface area contributed by atoms with Crippen molar-refractivity contribution in [2.75, 3.05) is 19.6 Å². The molecule has 0 aromatic carbocycles. The minimum absolute atomic E-state index is 0.0347. The lowest BCUT2D eigenvalue weighted by Gasteiger charge is -2.26. The molecule has 2 aliphatic rings. The fourth-order valence-corrected chi connectivity index (χ4v) is 3.07. The average molecular weight is 319 g/mol. The van der Waals surface area contributed by atoms with Crippen LogP contribution in [0.25, 0.3) is 0 Å². The molecule has 3 N–H and O–H groups in total. The summed E-state index contributed by atoms with van der Waals surface area (Å²) >= 11 is 0. The van der Waals surface area contributed by atoms with E-state index in [4.69, 9.17) is 0 Å². The summed E-state index contributed by atoms with van der Waals surface area (Å²) in [5.74, 6) is 0.360. The van der Waals surface area contributed by atoms with E-state index >= 15 is 0 Å². The lowest BCUT2D eigenvalue weighted by Crippen LogP contribution is -2.48. The van der Waals surface area contributed by atoms with Crippen LogP contribution >= 0.6 is 0 Å². The number of carbonyl (C=O) groups excluding carboxylic acids is 2. The van der Waals surface area contributed by atoms with Crippen molar-refractivity contribution in [3.8, 4) is 0 Å². The zero-order chi connectivity index (χ0) is 16.1. The van der Waals surface area contributed by atoms with Gasteiger partial charge >= 0.3 is 0 Å². The van der Waals surface area contributed by atoms with Gasteiger partial charge in [0, 0.05) is 37.8 Å². The highest BCUT2D eigenvalue weighted by Gasteiger charge is 2.19. The summed E-state index contributed by atoms with van der Waals surface area (Å²) in [6.45, 7) is 2.76. The fourth-order valence-electron chi connectivity index (χ4n) is 3.07. The molecule has 3 rings (SSSR count). The van der Waals surface area contributed by atoms with Crippen LogP contribution in [0.4, 0.5) is 0 Å². The predicted octanol–water partition coefficient (Wildman–Crippen LogP) is 0.281. The Hall–Kier alpha value is -1.89. The van der Waals surface area contributed by atoms with Crippen molar-refractivity contribution >= 4 is 11.8 Å². The van der Waals surface area contributed by atoms with Crippen molar-refractivity contribution in [2.24, 2.45) is 5.92 Å². The van der Waals surface area contributed by atoms with Crippen LogP contribution in [0.1, 0.15) is 42.5 Å². The van der Waals surface area contributed by atoms with Gasteiger partial charge in [-0.3, -0.25) is 14.3 Å². The van der Waals surface area contributed by atoms with Crippen LogP contribution in [0.3, 0.4) is 0 Å². The maximum Gasteiger partial charge on any atom is 0.254 e. The Balaban J connectivity index is 1.44. The van der Waals surface area contributed by atoms with Crippen LogP contribution in [0.15, 0.2) is 12.4 Å². The van der Waals surface area contributed by atoms with Crippen molar-refractivity contribution in [3.05, 3.63) is 18.0 Å². The molecule has 1 aromatic heterocycles.